The summed E-state index contributed by atoms with van der Waals surface area (Å²) in [5, 5.41) is 7.55. The number of hydrogen-bond acceptors (Lipinski definition) is 4. The van der Waals surface area contributed by atoms with Gasteiger partial charge in [-0.3, -0.25) is 9.48 Å². The second kappa shape index (κ2) is 8.63. The molecule has 1 atom stereocenters. The SMILES string of the molecule is CCNC(=NCc1ncnn1C)N1CC(CCN2CCCC2=O)c2ccccc21. The van der Waals surface area contributed by atoms with Crippen LogP contribution in [0, 0.1) is 0 Å². The number of hydrogen-bond donors (Lipinski definition) is 1. The van der Waals surface area contributed by atoms with E-state index in [0.29, 0.717) is 24.8 Å². The van der Waals surface area contributed by atoms with Crippen LogP contribution in [0.4, 0.5) is 5.69 Å². The van der Waals surface area contributed by atoms with Gasteiger partial charge in [0.2, 0.25) is 5.91 Å². The molecule has 0 spiro atoms. The number of benzene rings is 1. The lowest BCUT2D eigenvalue weighted by Gasteiger charge is -2.23. The third kappa shape index (κ3) is 4.11. The fraction of sp³-hybridized carbons (Fsp3) is 0.524. The molecule has 0 aliphatic carbocycles. The molecular formula is C21H29N7O. The molecule has 0 radical (unpaired) electrons. The highest BCUT2D eigenvalue weighted by Crippen LogP contribution is 2.38. The molecule has 1 saturated heterocycles. The zero-order valence-corrected chi connectivity index (χ0v) is 17.2. The lowest BCUT2D eigenvalue weighted by atomic mass is 9.98. The quantitative estimate of drug-likeness (QED) is 0.597. The number of guanidine groups is 1. The first-order valence-electron chi connectivity index (χ1n) is 10.4. The van der Waals surface area contributed by atoms with Crippen LogP contribution in [0.1, 0.15) is 43.5 Å². The molecule has 1 N–H and O–H groups in total. The molecule has 2 aliphatic rings. The molecule has 8 heteroatoms. The number of aromatic nitrogens is 3. The van der Waals surface area contributed by atoms with Gasteiger partial charge in [0.05, 0.1) is 0 Å². The van der Waals surface area contributed by atoms with Crippen molar-refractivity contribution in [1.82, 2.24) is 25.0 Å². The predicted molar refractivity (Wildman–Crippen MR) is 113 cm³/mol. The molecule has 1 unspecified atom stereocenters. The van der Waals surface area contributed by atoms with Gasteiger partial charge in [-0.25, -0.2) is 9.98 Å². The van der Waals surface area contributed by atoms with Crippen LogP contribution in [0.3, 0.4) is 0 Å². The van der Waals surface area contributed by atoms with Crippen LogP contribution in [0.2, 0.25) is 0 Å². The van der Waals surface area contributed by atoms with Crippen LogP contribution in [0.5, 0.6) is 0 Å². The smallest absolute Gasteiger partial charge is 0.222 e. The average Bonchev–Trinajstić information content (AvgIpc) is 3.43. The van der Waals surface area contributed by atoms with Crippen molar-refractivity contribution in [3.63, 3.8) is 0 Å². The molecule has 8 nitrogen and oxygen atoms in total. The van der Waals surface area contributed by atoms with Crippen LogP contribution >= 0.6 is 0 Å². The van der Waals surface area contributed by atoms with Crippen LogP contribution in [0.15, 0.2) is 35.6 Å². The summed E-state index contributed by atoms with van der Waals surface area (Å²) in [6, 6.07) is 8.54. The topological polar surface area (TPSA) is 78.7 Å². The van der Waals surface area contributed by atoms with E-state index >= 15 is 0 Å². The molecule has 1 amide bonds. The van der Waals surface area contributed by atoms with E-state index in [4.69, 9.17) is 4.99 Å². The number of carbonyl (C=O) groups excluding carboxylic acids is 1. The Morgan fingerprint density at radius 3 is 2.93 bits per heavy atom. The molecule has 29 heavy (non-hydrogen) atoms. The number of nitrogens with zero attached hydrogens (tertiary/aromatic N) is 6. The zero-order valence-electron chi connectivity index (χ0n) is 17.2. The normalized spacial score (nSPS) is 19.2. The van der Waals surface area contributed by atoms with Gasteiger partial charge >= 0.3 is 0 Å². The maximum absolute atomic E-state index is 12.0. The molecule has 2 aromatic rings. The first-order valence-corrected chi connectivity index (χ1v) is 10.4. The van der Waals surface area contributed by atoms with Crippen molar-refractivity contribution in [2.45, 2.75) is 38.6 Å². The number of amides is 1. The number of carbonyl (C=O) groups is 1. The molecule has 1 fully saturated rings. The molecule has 154 valence electrons. The predicted octanol–water partition coefficient (Wildman–Crippen LogP) is 1.90. The van der Waals surface area contributed by atoms with Gasteiger partial charge in [0, 0.05) is 51.3 Å². The van der Waals surface area contributed by atoms with Gasteiger partial charge in [0.25, 0.3) is 0 Å². The van der Waals surface area contributed by atoms with E-state index < -0.39 is 0 Å². The minimum Gasteiger partial charge on any atom is -0.356 e. The first-order chi connectivity index (χ1) is 14.2. The Balaban J connectivity index is 1.52. The molecule has 0 bridgehead atoms. The largest absolute Gasteiger partial charge is 0.356 e. The van der Waals surface area contributed by atoms with E-state index in [0.717, 1.165) is 50.8 Å². The second-order valence-electron chi connectivity index (χ2n) is 7.61. The molecule has 2 aliphatic heterocycles. The van der Waals surface area contributed by atoms with E-state index in [1.54, 1.807) is 11.0 Å². The first kappa shape index (κ1) is 19.4. The fourth-order valence-corrected chi connectivity index (χ4v) is 4.20. The summed E-state index contributed by atoms with van der Waals surface area (Å²) >= 11 is 0. The van der Waals surface area contributed by atoms with Gasteiger partial charge in [0.15, 0.2) is 5.96 Å². The number of fused-ring (bicyclic) bond motifs is 1. The number of para-hydroxylation sites is 1. The highest BCUT2D eigenvalue weighted by molar-refractivity contribution is 5.98. The van der Waals surface area contributed by atoms with Crippen LogP contribution in [-0.4, -0.2) is 57.7 Å². The Morgan fingerprint density at radius 1 is 1.34 bits per heavy atom. The number of aliphatic imine (C=N–C) groups is 1. The van der Waals surface area contributed by atoms with Crippen molar-refractivity contribution < 1.29 is 4.79 Å². The van der Waals surface area contributed by atoms with Crippen LogP contribution in [0.25, 0.3) is 0 Å². The summed E-state index contributed by atoms with van der Waals surface area (Å²) in [4.78, 5) is 25.4. The Kier molecular flexibility index (Phi) is 5.78. The summed E-state index contributed by atoms with van der Waals surface area (Å²) in [5.41, 5.74) is 2.53. The summed E-state index contributed by atoms with van der Waals surface area (Å²) in [6.45, 7) is 5.95. The van der Waals surface area contributed by atoms with Crippen molar-refractivity contribution >= 4 is 17.6 Å². The monoisotopic (exact) mass is 395 g/mol. The van der Waals surface area contributed by atoms with E-state index in [2.05, 4.69) is 51.5 Å². The van der Waals surface area contributed by atoms with Gasteiger partial charge in [-0.1, -0.05) is 18.2 Å². The van der Waals surface area contributed by atoms with Crippen molar-refractivity contribution in [1.29, 1.82) is 0 Å². The van der Waals surface area contributed by atoms with Gasteiger partial charge in [0.1, 0.15) is 18.7 Å². The highest BCUT2D eigenvalue weighted by atomic mass is 16.2. The zero-order chi connectivity index (χ0) is 20.2. The lowest BCUT2D eigenvalue weighted by molar-refractivity contribution is -0.127. The van der Waals surface area contributed by atoms with Crippen LogP contribution < -0.4 is 10.2 Å². The second-order valence-corrected chi connectivity index (χ2v) is 7.61. The minimum atomic E-state index is 0.298. The Hall–Kier alpha value is -2.90. The third-order valence-corrected chi connectivity index (χ3v) is 5.76. The standard InChI is InChI=1S/C21H29N7O/c1-3-22-21(23-13-19-24-15-25-26(19)2)28-14-16(17-7-4-5-8-18(17)28)10-12-27-11-6-9-20(27)29/h4-5,7-8,15-16H,3,6,9-14H2,1-2H3,(H,22,23). The van der Waals surface area contributed by atoms with E-state index in [9.17, 15) is 4.79 Å². The lowest BCUT2D eigenvalue weighted by Crippen LogP contribution is -2.41. The van der Waals surface area contributed by atoms with Crippen molar-refractivity contribution in [3.05, 3.63) is 42.0 Å². The van der Waals surface area contributed by atoms with Gasteiger partial charge in [-0.2, -0.15) is 5.10 Å². The Bertz CT molecular complexity index is 891. The van der Waals surface area contributed by atoms with Gasteiger partial charge in [-0.15, -0.1) is 0 Å². The van der Waals surface area contributed by atoms with E-state index in [1.807, 2.05) is 11.9 Å². The maximum Gasteiger partial charge on any atom is 0.222 e. The number of anilines is 1. The van der Waals surface area contributed by atoms with E-state index in [1.165, 1.54) is 11.3 Å². The third-order valence-electron chi connectivity index (χ3n) is 5.76. The van der Waals surface area contributed by atoms with Crippen molar-refractivity contribution in [2.24, 2.45) is 12.0 Å². The highest BCUT2D eigenvalue weighted by Gasteiger charge is 2.32. The van der Waals surface area contributed by atoms with E-state index in [-0.39, 0.29) is 0 Å². The van der Waals surface area contributed by atoms with Gasteiger partial charge in [-0.05, 0) is 31.4 Å². The summed E-state index contributed by atoms with van der Waals surface area (Å²) in [6.07, 6.45) is 4.22. The fourth-order valence-electron chi connectivity index (χ4n) is 4.20. The summed E-state index contributed by atoms with van der Waals surface area (Å²) in [5.74, 6) is 2.38. The van der Waals surface area contributed by atoms with Crippen molar-refractivity contribution in [2.75, 3.05) is 31.1 Å². The molecule has 0 saturated carbocycles. The number of aryl methyl sites for hydroxylation is 1. The number of likely N-dealkylation sites (tertiary alicyclic amines) is 1. The Labute approximate surface area is 171 Å². The minimum absolute atomic E-state index is 0.298. The molecule has 3 heterocycles. The van der Waals surface area contributed by atoms with Crippen LogP contribution in [-0.2, 0) is 18.4 Å². The molecule has 1 aromatic heterocycles. The van der Waals surface area contributed by atoms with Gasteiger partial charge < -0.3 is 15.1 Å². The Morgan fingerprint density at radius 2 is 2.21 bits per heavy atom. The number of rotatable bonds is 6. The molecular weight excluding hydrogens is 366 g/mol. The molecule has 1 aromatic carbocycles. The molecule has 4 rings (SSSR count). The average molecular weight is 396 g/mol. The summed E-state index contributed by atoms with van der Waals surface area (Å²) < 4.78 is 1.75. The number of nitrogens with one attached hydrogen (secondary N) is 1. The summed E-state index contributed by atoms with van der Waals surface area (Å²) in [7, 11) is 1.88. The van der Waals surface area contributed by atoms with Crippen molar-refractivity contribution in [3.8, 4) is 0 Å². The maximum atomic E-state index is 12.0.